The molecule has 6 nitrogen and oxygen atoms in total. The number of halogens is 1. The Hall–Kier alpha value is -2.03. The molecule has 0 saturated heterocycles. The van der Waals surface area contributed by atoms with Gasteiger partial charge in [0.05, 0.1) is 26.8 Å². The predicted octanol–water partition coefficient (Wildman–Crippen LogP) is 4.29. The van der Waals surface area contributed by atoms with E-state index in [1.807, 2.05) is 24.3 Å². The van der Waals surface area contributed by atoms with E-state index in [1.54, 1.807) is 26.0 Å². The zero-order valence-electron chi connectivity index (χ0n) is 15.8. The molecule has 146 valence electrons. The lowest BCUT2D eigenvalue weighted by atomic mass is 10.1. The second kappa shape index (κ2) is 8.55. The summed E-state index contributed by atoms with van der Waals surface area (Å²) in [7, 11) is 3.32. The largest absolute Gasteiger partial charge is 0.493 e. The van der Waals surface area contributed by atoms with Crippen molar-refractivity contribution in [2.45, 2.75) is 18.2 Å². The van der Waals surface area contributed by atoms with Gasteiger partial charge in [0.15, 0.2) is 22.5 Å². The monoisotopic (exact) mass is 460 g/mol. The first kappa shape index (κ1) is 19.3. The molecule has 0 aliphatic carbocycles. The summed E-state index contributed by atoms with van der Waals surface area (Å²) >= 11 is 5.21. The molecule has 0 saturated carbocycles. The molecule has 4 rings (SSSR count). The summed E-state index contributed by atoms with van der Waals surface area (Å²) < 4.78 is 14.0. The van der Waals surface area contributed by atoms with Crippen LogP contribution in [0, 0.1) is 0 Å². The molecule has 1 aliphatic rings. The highest BCUT2D eigenvalue weighted by molar-refractivity contribution is 9.10. The van der Waals surface area contributed by atoms with Gasteiger partial charge in [-0.1, -0.05) is 45.9 Å². The molecule has 0 bridgehead atoms. The number of nitrogens with zero attached hydrogens (tertiary/aromatic N) is 4. The molecule has 0 N–H and O–H groups in total. The highest BCUT2D eigenvalue weighted by Crippen LogP contribution is 2.30. The van der Waals surface area contributed by atoms with E-state index >= 15 is 0 Å². The molecule has 28 heavy (non-hydrogen) atoms. The zero-order chi connectivity index (χ0) is 19.5. The van der Waals surface area contributed by atoms with E-state index in [9.17, 15) is 0 Å². The van der Waals surface area contributed by atoms with Crippen molar-refractivity contribution in [1.29, 1.82) is 0 Å². The normalized spacial score (nSPS) is 14.0. The lowest BCUT2D eigenvalue weighted by Crippen LogP contribution is -2.32. The summed E-state index contributed by atoms with van der Waals surface area (Å²) in [5.41, 5.74) is 2.30. The molecule has 0 radical (unpaired) electrons. The van der Waals surface area contributed by atoms with E-state index in [0.29, 0.717) is 0 Å². The molecule has 3 aromatic rings. The molecular weight excluding hydrogens is 440 g/mol. The Balaban J connectivity index is 1.46. The molecule has 1 aliphatic heterocycles. The van der Waals surface area contributed by atoms with Crippen molar-refractivity contribution in [2.75, 3.05) is 26.6 Å². The van der Waals surface area contributed by atoms with E-state index < -0.39 is 0 Å². The van der Waals surface area contributed by atoms with Crippen LogP contribution in [0.1, 0.15) is 5.56 Å². The highest BCUT2D eigenvalue weighted by atomic mass is 79.9. The summed E-state index contributed by atoms with van der Waals surface area (Å²) in [5.74, 6) is 3.34. The van der Waals surface area contributed by atoms with Crippen LogP contribution in [-0.4, -0.2) is 46.3 Å². The standard InChI is InChI=1S/C20H21BrN4O2S/c1-26-17-8-3-14(11-18(17)27-2)9-10-24-12-25-19(22-23-20(25)28-13-24)15-4-6-16(21)7-5-15/h3-8,11H,9-10,12-13H2,1-2H3. The van der Waals surface area contributed by atoms with Crippen LogP contribution in [0.4, 0.5) is 0 Å². The van der Waals surface area contributed by atoms with Gasteiger partial charge in [0.1, 0.15) is 0 Å². The fourth-order valence-electron chi connectivity index (χ4n) is 3.18. The van der Waals surface area contributed by atoms with Crippen LogP contribution in [0.2, 0.25) is 0 Å². The molecule has 0 atom stereocenters. The average molecular weight is 461 g/mol. The molecule has 0 fully saturated rings. The number of fused-ring (bicyclic) bond motifs is 1. The van der Waals surface area contributed by atoms with Crippen molar-refractivity contribution in [1.82, 2.24) is 19.7 Å². The van der Waals surface area contributed by atoms with Crippen molar-refractivity contribution in [3.63, 3.8) is 0 Å². The number of thioether (sulfide) groups is 1. The van der Waals surface area contributed by atoms with Gasteiger partial charge in [-0.25, -0.2) is 0 Å². The lowest BCUT2D eigenvalue weighted by molar-refractivity contribution is 0.242. The second-order valence-electron chi connectivity index (χ2n) is 6.49. The van der Waals surface area contributed by atoms with Gasteiger partial charge in [-0.3, -0.25) is 9.47 Å². The van der Waals surface area contributed by atoms with Gasteiger partial charge in [-0.05, 0) is 36.2 Å². The van der Waals surface area contributed by atoms with Crippen LogP contribution in [0.15, 0.2) is 52.1 Å². The van der Waals surface area contributed by atoms with Crippen molar-refractivity contribution < 1.29 is 9.47 Å². The Morgan fingerprint density at radius 2 is 1.82 bits per heavy atom. The van der Waals surface area contributed by atoms with Gasteiger partial charge >= 0.3 is 0 Å². The van der Waals surface area contributed by atoms with Crippen LogP contribution < -0.4 is 9.47 Å². The minimum atomic E-state index is 0.757. The zero-order valence-corrected chi connectivity index (χ0v) is 18.2. The number of ether oxygens (including phenoxy) is 2. The Morgan fingerprint density at radius 3 is 2.57 bits per heavy atom. The number of benzene rings is 2. The molecule has 2 aromatic carbocycles. The summed E-state index contributed by atoms with van der Waals surface area (Å²) in [5, 5.41) is 9.74. The van der Waals surface area contributed by atoms with Crippen LogP contribution in [-0.2, 0) is 13.1 Å². The first-order valence-corrected chi connectivity index (χ1v) is 10.7. The van der Waals surface area contributed by atoms with Crippen LogP contribution >= 0.6 is 27.7 Å². The first-order chi connectivity index (χ1) is 13.7. The highest BCUT2D eigenvalue weighted by Gasteiger charge is 2.22. The Morgan fingerprint density at radius 1 is 1.04 bits per heavy atom. The minimum Gasteiger partial charge on any atom is -0.493 e. The van der Waals surface area contributed by atoms with E-state index in [2.05, 4.69) is 53.8 Å². The van der Waals surface area contributed by atoms with Gasteiger partial charge < -0.3 is 9.47 Å². The number of methoxy groups -OCH3 is 2. The maximum absolute atomic E-state index is 5.41. The molecule has 0 amide bonds. The predicted molar refractivity (Wildman–Crippen MR) is 114 cm³/mol. The van der Waals surface area contributed by atoms with Gasteiger partial charge in [0, 0.05) is 16.6 Å². The van der Waals surface area contributed by atoms with Gasteiger partial charge in [-0.15, -0.1) is 10.2 Å². The third-order valence-electron chi connectivity index (χ3n) is 4.70. The molecule has 1 aromatic heterocycles. The maximum Gasteiger partial charge on any atom is 0.193 e. The molecule has 2 heterocycles. The second-order valence-corrected chi connectivity index (χ2v) is 8.32. The number of hydrogen-bond acceptors (Lipinski definition) is 6. The quantitative estimate of drug-likeness (QED) is 0.546. The summed E-state index contributed by atoms with van der Waals surface area (Å²) in [6.45, 7) is 1.73. The Kier molecular flexibility index (Phi) is 5.89. The number of rotatable bonds is 6. The summed E-state index contributed by atoms with van der Waals surface area (Å²) in [6.07, 6.45) is 0.936. The van der Waals surface area contributed by atoms with Gasteiger partial charge in [0.2, 0.25) is 0 Å². The summed E-state index contributed by atoms with van der Waals surface area (Å²) in [6, 6.07) is 14.3. The van der Waals surface area contributed by atoms with Crippen molar-refractivity contribution in [3.8, 4) is 22.9 Å². The topological polar surface area (TPSA) is 52.4 Å². The number of hydrogen-bond donors (Lipinski definition) is 0. The van der Waals surface area contributed by atoms with E-state index in [1.165, 1.54) is 5.56 Å². The maximum atomic E-state index is 5.41. The van der Waals surface area contributed by atoms with Crippen molar-refractivity contribution >= 4 is 27.7 Å². The van der Waals surface area contributed by atoms with Gasteiger partial charge in [-0.2, -0.15) is 0 Å². The van der Waals surface area contributed by atoms with Gasteiger partial charge in [0.25, 0.3) is 0 Å². The average Bonchev–Trinajstić information content (AvgIpc) is 3.15. The molecular formula is C20H21BrN4O2S. The molecule has 0 unspecified atom stereocenters. The smallest absolute Gasteiger partial charge is 0.193 e. The molecule has 8 heteroatoms. The van der Waals surface area contributed by atoms with E-state index in [0.717, 1.165) is 58.0 Å². The Bertz CT molecular complexity index is 961. The Labute approximate surface area is 177 Å². The third kappa shape index (κ3) is 4.04. The third-order valence-corrected chi connectivity index (χ3v) is 6.28. The lowest BCUT2D eigenvalue weighted by Gasteiger charge is -2.27. The van der Waals surface area contributed by atoms with E-state index in [-0.39, 0.29) is 0 Å². The fourth-order valence-corrected chi connectivity index (χ4v) is 4.36. The minimum absolute atomic E-state index is 0.757. The van der Waals surface area contributed by atoms with Crippen LogP contribution in [0.3, 0.4) is 0 Å². The fraction of sp³-hybridized carbons (Fsp3) is 0.300. The molecule has 0 spiro atoms. The van der Waals surface area contributed by atoms with Crippen molar-refractivity contribution in [2.24, 2.45) is 0 Å². The number of aromatic nitrogens is 3. The van der Waals surface area contributed by atoms with Crippen LogP contribution in [0.5, 0.6) is 11.5 Å². The summed E-state index contributed by atoms with van der Waals surface area (Å²) in [4.78, 5) is 2.40. The van der Waals surface area contributed by atoms with Crippen LogP contribution in [0.25, 0.3) is 11.4 Å². The van der Waals surface area contributed by atoms with E-state index in [4.69, 9.17) is 9.47 Å². The van der Waals surface area contributed by atoms with Crippen molar-refractivity contribution in [3.05, 3.63) is 52.5 Å². The SMILES string of the molecule is COc1ccc(CCN2CSc3nnc(-c4ccc(Br)cc4)n3C2)cc1OC. The first-order valence-electron chi connectivity index (χ1n) is 8.93.